The first-order valence-electron chi connectivity index (χ1n) is 8.21. The Morgan fingerprint density at radius 2 is 1.78 bits per heavy atom. The molecule has 0 bridgehead atoms. The van der Waals surface area contributed by atoms with Gasteiger partial charge in [0.05, 0.1) is 27.2 Å². The van der Waals surface area contributed by atoms with Crippen molar-refractivity contribution in [1.82, 2.24) is 0 Å². The van der Waals surface area contributed by atoms with Gasteiger partial charge >= 0.3 is 0 Å². The predicted molar refractivity (Wildman–Crippen MR) is 113 cm³/mol. The van der Waals surface area contributed by atoms with Crippen LogP contribution in [0.15, 0.2) is 80.5 Å². The summed E-state index contributed by atoms with van der Waals surface area (Å²) in [5.74, 6) is 0. The second-order valence-electron chi connectivity index (χ2n) is 6.18. The van der Waals surface area contributed by atoms with Gasteiger partial charge in [-0.25, -0.2) is 13.6 Å². The maximum atomic E-state index is 11.5. The van der Waals surface area contributed by atoms with Crippen molar-refractivity contribution in [1.29, 1.82) is 0 Å². The summed E-state index contributed by atoms with van der Waals surface area (Å²) in [6.45, 7) is 0. The largest absolute Gasteiger partial charge is 0.257 e. The molecular weight excluding hydrogens is 446 g/mol. The number of rotatable bonds is 4. The van der Waals surface area contributed by atoms with Gasteiger partial charge in [0.1, 0.15) is 0 Å². The average molecular weight is 462 g/mol. The maximum Gasteiger partial charge on any atom is 0.238 e. The third-order valence-corrected chi connectivity index (χ3v) is 6.78. The molecule has 1 aromatic heterocycles. The summed E-state index contributed by atoms with van der Waals surface area (Å²) < 4.78 is 24.1. The third kappa shape index (κ3) is 3.84. The zero-order valence-electron chi connectivity index (χ0n) is 14.1. The van der Waals surface area contributed by atoms with Gasteiger partial charge in [0.2, 0.25) is 10.0 Å². The number of primary sulfonamides is 1. The first kappa shape index (κ1) is 18.4. The van der Waals surface area contributed by atoms with Crippen molar-refractivity contribution < 1.29 is 8.42 Å². The van der Waals surface area contributed by atoms with E-state index in [2.05, 4.69) is 34.1 Å². The van der Waals surface area contributed by atoms with Gasteiger partial charge in [-0.2, -0.15) is 5.10 Å². The number of hydrazone groups is 1. The normalized spacial score (nSPS) is 17.2. The van der Waals surface area contributed by atoms with Crippen LogP contribution in [0, 0.1) is 0 Å². The highest BCUT2D eigenvalue weighted by Crippen LogP contribution is 2.37. The molecule has 4 rings (SSSR count). The SMILES string of the molecule is NS(=O)(=O)c1ccc(N2N=C(c3cccs3)CC2c2ccc(Br)cc2)cc1. The Kier molecular flexibility index (Phi) is 4.90. The van der Waals surface area contributed by atoms with Crippen molar-refractivity contribution >= 4 is 48.7 Å². The van der Waals surface area contributed by atoms with Crippen molar-refractivity contribution in [3.8, 4) is 0 Å². The molecule has 0 saturated carbocycles. The van der Waals surface area contributed by atoms with Crippen LogP contribution < -0.4 is 10.1 Å². The van der Waals surface area contributed by atoms with E-state index in [0.29, 0.717) is 0 Å². The number of halogens is 1. The molecular formula is C19H16BrN3O2S2. The highest BCUT2D eigenvalue weighted by atomic mass is 79.9. The van der Waals surface area contributed by atoms with Crippen molar-refractivity contribution in [2.45, 2.75) is 17.4 Å². The lowest BCUT2D eigenvalue weighted by Gasteiger charge is -2.24. The van der Waals surface area contributed by atoms with Crippen LogP contribution in [-0.2, 0) is 10.0 Å². The molecule has 1 aliphatic rings. The van der Waals surface area contributed by atoms with Gasteiger partial charge in [0.15, 0.2) is 0 Å². The Labute approximate surface area is 170 Å². The van der Waals surface area contributed by atoms with Crippen LogP contribution in [0.5, 0.6) is 0 Å². The van der Waals surface area contributed by atoms with Crippen LogP contribution in [-0.4, -0.2) is 14.1 Å². The molecule has 5 nitrogen and oxygen atoms in total. The molecule has 0 amide bonds. The van der Waals surface area contributed by atoms with E-state index in [1.54, 1.807) is 23.5 Å². The summed E-state index contributed by atoms with van der Waals surface area (Å²) in [5.41, 5.74) is 2.99. The van der Waals surface area contributed by atoms with E-state index >= 15 is 0 Å². The van der Waals surface area contributed by atoms with E-state index in [4.69, 9.17) is 10.2 Å². The highest BCUT2D eigenvalue weighted by molar-refractivity contribution is 9.10. The summed E-state index contributed by atoms with van der Waals surface area (Å²) >= 11 is 5.14. The van der Waals surface area contributed by atoms with Crippen LogP contribution in [0.1, 0.15) is 22.9 Å². The minimum Gasteiger partial charge on any atom is -0.257 e. The zero-order chi connectivity index (χ0) is 19.0. The van der Waals surface area contributed by atoms with Crippen molar-refractivity contribution in [2.75, 3.05) is 5.01 Å². The average Bonchev–Trinajstić information content (AvgIpc) is 3.31. The molecule has 1 unspecified atom stereocenters. The fourth-order valence-corrected chi connectivity index (χ4v) is 4.57. The van der Waals surface area contributed by atoms with Gasteiger partial charge < -0.3 is 0 Å². The molecule has 138 valence electrons. The topological polar surface area (TPSA) is 75.8 Å². The lowest BCUT2D eigenvalue weighted by atomic mass is 10.0. The maximum absolute atomic E-state index is 11.5. The van der Waals surface area contributed by atoms with E-state index < -0.39 is 10.0 Å². The third-order valence-electron chi connectivity index (χ3n) is 4.40. The summed E-state index contributed by atoms with van der Waals surface area (Å²) in [6, 6.07) is 18.8. The molecule has 27 heavy (non-hydrogen) atoms. The van der Waals surface area contributed by atoms with Gasteiger partial charge in [-0.15, -0.1) is 11.3 Å². The minimum absolute atomic E-state index is 0.0375. The Balaban J connectivity index is 1.74. The highest BCUT2D eigenvalue weighted by Gasteiger charge is 2.30. The second-order valence-corrected chi connectivity index (χ2v) is 9.60. The lowest BCUT2D eigenvalue weighted by molar-refractivity contribution is 0.598. The van der Waals surface area contributed by atoms with E-state index in [0.717, 1.165) is 32.7 Å². The zero-order valence-corrected chi connectivity index (χ0v) is 17.3. The van der Waals surface area contributed by atoms with E-state index in [1.165, 1.54) is 12.1 Å². The molecule has 0 saturated heterocycles. The second kappa shape index (κ2) is 7.20. The number of thiophene rings is 1. The van der Waals surface area contributed by atoms with Crippen LogP contribution in [0.2, 0.25) is 0 Å². The molecule has 1 aliphatic heterocycles. The molecule has 3 aromatic rings. The number of hydrogen-bond donors (Lipinski definition) is 1. The van der Waals surface area contributed by atoms with Gasteiger partial charge in [-0.05, 0) is 53.4 Å². The number of nitrogens with zero attached hydrogens (tertiary/aromatic N) is 2. The van der Waals surface area contributed by atoms with Crippen molar-refractivity contribution in [3.63, 3.8) is 0 Å². The fraction of sp³-hybridized carbons (Fsp3) is 0.105. The molecule has 1 atom stereocenters. The van der Waals surface area contributed by atoms with Gasteiger partial charge in [0, 0.05) is 10.9 Å². The Hall–Kier alpha value is -2.00. The van der Waals surface area contributed by atoms with Crippen LogP contribution >= 0.6 is 27.3 Å². The number of benzene rings is 2. The van der Waals surface area contributed by atoms with Crippen molar-refractivity contribution in [2.24, 2.45) is 10.2 Å². The van der Waals surface area contributed by atoms with E-state index in [9.17, 15) is 8.42 Å². The van der Waals surface area contributed by atoms with E-state index in [1.807, 2.05) is 28.6 Å². The number of anilines is 1. The summed E-state index contributed by atoms with van der Waals surface area (Å²) in [7, 11) is -3.72. The molecule has 0 aliphatic carbocycles. The standard InChI is InChI=1S/C19H16BrN3O2S2/c20-14-5-3-13(4-6-14)18-12-17(19-2-1-11-26-19)22-23(18)15-7-9-16(10-8-15)27(21,24)25/h1-11,18H,12H2,(H2,21,24,25). The summed E-state index contributed by atoms with van der Waals surface area (Å²) in [5, 5.41) is 14.0. The summed E-state index contributed by atoms with van der Waals surface area (Å²) in [4.78, 5) is 1.23. The Morgan fingerprint density at radius 1 is 1.07 bits per heavy atom. The molecule has 0 radical (unpaired) electrons. The summed E-state index contributed by atoms with van der Waals surface area (Å²) in [6.07, 6.45) is 0.777. The number of sulfonamides is 1. The fourth-order valence-electron chi connectivity index (χ4n) is 3.07. The molecule has 2 aromatic carbocycles. The minimum atomic E-state index is -3.72. The van der Waals surface area contributed by atoms with Crippen LogP contribution in [0.3, 0.4) is 0 Å². The lowest BCUT2D eigenvalue weighted by Crippen LogP contribution is -2.19. The van der Waals surface area contributed by atoms with Gasteiger partial charge in [-0.3, -0.25) is 5.01 Å². The van der Waals surface area contributed by atoms with Crippen LogP contribution in [0.4, 0.5) is 5.69 Å². The number of hydrogen-bond acceptors (Lipinski definition) is 5. The van der Waals surface area contributed by atoms with Crippen molar-refractivity contribution in [3.05, 3.63) is 81.0 Å². The molecule has 2 heterocycles. The quantitative estimate of drug-likeness (QED) is 0.620. The monoisotopic (exact) mass is 461 g/mol. The van der Waals surface area contributed by atoms with E-state index in [-0.39, 0.29) is 10.9 Å². The van der Waals surface area contributed by atoms with Gasteiger partial charge in [-0.1, -0.05) is 34.1 Å². The smallest absolute Gasteiger partial charge is 0.238 e. The first-order valence-corrected chi connectivity index (χ1v) is 11.4. The number of nitrogens with two attached hydrogens (primary N) is 1. The Morgan fingerprint density at radius 3 is 2.37 bits per heavy atom. The molecule has 2 N–H and O–H groups in total. The molecule has 0 spiro atoms. The predicted octanol–water partition coefficient (Wildman–Crippen LogP) is 4.51. The Bertz CT molecular complexity index is 1080. The first-order chi connectivity index (χ1) is 12.9. The molecule has 0 fully saturated rings. The molecule has 8 heteroatoms. The van der Waals surface area contributed by atoms with Crippen LogP contribution in [0.25, 0.3) is 0 Å². The van der Waals surface area contributed by atoms with Gasteiger partial charge in [0.25, 0.3) is 0 Å².